The number of nitrogens with one attached hydrogen (secondary N) is 1. The van der Waals surface area contributed by atoms with Gasteiger partial charge in [-0.1, -0.05) is 18.2 Å². The topological polar surface area (TPSA) is 54.9 Å². The fourth-order valence-corrected chi connectivity index (χ4v) is 3.38. The van der Waals surface area contributed by atoms with Crippen LogP contribution >= 0.6 is 0 Å². The molecule has 0 saturated carbocycles. The minimum absolute atomic E-state index is 0.0205. The lowest BCUT2D eigenvalue weighted by Crippen LogP contribution is -2.14. The fraction of sp³-hybridized carbons (Fsp3) is 0.190. The lowest BCUT2D eigenvalue weighted by atomic mass is 9.99. The van der Waals surface area contributed by atoms with Crippen molar-refractivity contribution in [3.63, 3.8) is 0 Å². The zero-order chi connectivity index (χ0) is 18.1. The van der Waals surface area contributed by atoms with Gasteiger partial charge in [0.25, 0.3) is 5.91 Å². The second-order valence-corrected chi connectivity index (χ2v) is 6.51. The van der Waals surface area contributed by atoms with Crippen LogP contribution in [0.2, 0.25) is 0 Å². The summed E-state index contributed by atoms with van der Waals surface area (Å²) in [5.74, 6) is -0.817. The Morgan fingerprint density at radius 2 is 1.85 bits per heavy atom. The highest BCUT2D eigenvalue weighted by molar-refractivity contribution is 6.03. The molecular weight excluding hydrogens is 329 g/mol. The number of carbonyl (C=O) groups excluding carboxylic acids is 1. The van der Waals surface area contributed by atoms with Crippen LogP contribution < -0.4 is 5.32 Å². The summed E-state index contributed by atoms with van der Waals surface area (Å²) in [6, 6.07) is 10.3. The summed E-state index contributed by atoms with van der Waals surface area (Å²) >= 11 is 0. The summed E-state index contributed by atoms with van der Waals surface area (Å²) in [6.45, 7) is 2.07. The van der Waals surface area contributed by atoms with Gasteiger partial charge in [0.1, 0.15) is 5.82 Å². The maximum absolute atomic E-state index is 13.7. The van der Waals surface area contributed by atoms with Crippen molar-refractivity contribution in [2.24, 2.45) is 0 Å². The third-order valence-corrected chi connectivity index (χ3v) is 4.73. The van der Waals surface area contributed by atoms with Crippen molar-refractivity contribution in [3.8, 4) is 11.3 Å². The normalized spacial score (nSPS) is 12.7. The molecule has 0 atom stereocenters. The molecule has 4 rings (SSSR count). The second kappa shape index (κ2) is 6.67. The average molecular weight is 347 g/mol. The summed E-state index contributed by atoms with van der Waals surface area (Å²) in [6.07, 6.45) is 6.59. The van der Waals surface area contributed by atoms with Gasteiger partial charge in [0.2, 0.25) is 0 Å². The Bertz CT molecular complexity index is 983. The SMILES string of the molecule is Cc1cc2c(cc1-c1cnc(NC(=O)c3ccccc3F)cn1)CCC2. The molecule has 1 aliphatic rings. The van der Waals surface area contributed by atoms with Crippen LogP contribution in [0.25, 0.3) is 11.3 Å². The number of benzene rings is 2. The maximum Gasteiger partial charge on any atom is 0.259 e. The quantitative estimate of drug-likeness (QED) is 0.767. The van der Waals surface area contributed by atoms with Crippen LogP contribution in [0.3, 0.4) is 0 Å². The summed E-state index contributed by atoms with van der Waals surface area (Å²) in [5.41, 5.74) is 5.78. The van der Waals surface area contributed by atoms with Gasteiger partial charge in [-0.05, 0) is 61.1 Å². The Balaban J connectivity index is 1.56. The number of carbonyl (C=O) groups is 1. The van der Waals surface area contributed by atoms with E-state index in [1.165, 1.54) is 41.4 Å². The van der Waals surface area contributed by atoms with Gasteiger partial charge < -0.3 is 5.32 Å². The van der Waals surface area contributed by atoms with Gasteiger partial charge in [-0.2, -0.15) is 0 Å². The highest BCUT2D eigenvalue weighted by Gasteiger charge is 2.15. The number of aryl methyl sites for hydroxylation is 3. The lowest BCUT2D eigenvalue weighted by molar-refractivity contribution is 0.102. The van der Waals surface area contributed by atoms with E-state index in [9.17, 15) is 9.18 Å². The lowest BCUT2D eigenvalue weighted by Gasteiger charge is -2.10. The first-order valence-corrected chi connectivity index (χ1v) is 8.62. The largest absolute Gasteiger partial charge is 0.305 e. The highest BCUT2D eigenvalue weighted by atomic mass is 19.1. The van der Waals surface area contributed by atoms with E-state index in [1.807, 2.05) is 0 Å². The van der Waals surface area contributed by atoms with Gasteiger partial charge in [-0.15, -0.1) is 0 Å². The Labute approximate surface area is 151 Å². The third-order valence-electron chi connectivity index (χ3n) is 4.73. The molecule has 0 fully saturated rings. The minimum Gasteiger partial charge on any atom is -0.305 e. The molecule has 0 unspecified atom stereocenters. The highest BCUT2D eigenvalue weighted by Crippen LogP contribution is 2.30. The molecule has 1 aliphatic carbocycles. The van der Waals surface area contributed by atoms with Crippen molar-refractivity contribution in [1.82, 2.24) is 9.97 Å². The van der Waals surface area contributed by atoms with E-state index in [0.717, 1.165) is 24.1 Å². The number of hydrogen-bond acceptors (Lipinski definition) is 3. The number of anilines is 1. The molecule has 2 aromatic carbocycles. The molecule has 5 heteroatoms. The number of hydrogen-bond donors (Lipinski definition) is 1. The van der Waals surface area contributed by atoms with Crippen LogP contribution in [0.5, 0.6) is 0 Å². The van der Waals surface area contributed by atoms with E-state index in [0.29, 0.717) is 5.82 Å². The van der Waals surface area contributed by atoms with Gasteiger partial charge in [0.05, 0.1) is 23.7 Å². The first-order valence-electron chi connectivity index (χ1n) is 8.62. The number of rotatable bonds is 3. The first kappa shape index (κ1) is 16.4. The molecule has 26 heavy (non-hydrogen) atoms. The molecule has 0 radical (unpaired) electrons. The average Bonchev–Trinajstić information content (AvgIpc) is 3.09. The Hall–Kier alpha value is -3.08. The van der Waals surface area contributed by atoms with Crippen LogP contribution in [0.1, 0.15) is 33.5 Å². The predicted molar refractivity (Wildman–Crippen MR) is 98.6 cm³/mol. The van der Waals surface area contributed by atoms with Crippen LogP contribution in [0, 0.1) is 12.7 Å². The third kappa shape index (κ3) is 3.08. The van der Waals surface area contributed by atoms with Crippen LogP contribution in [-0.4, -0.2) is 15.9 Å². The smallest absolute Gasteiger partial charge is 0.259 e. The van der Waals surface area contributed by atoms with E-state index < -0.39 is 11.7 Å². The van der Waals surface area contributed by atoms with Gasteiger partial charge in [0, 0.05) is 5.56 Å². The molecule has 1 aromatic heterocycles. The molecule has 0 spiro atoms. The number of nitrogens with zero attached hydrogens (tertiary/aromatic N) is 2. The summed E-state index contributed by atoms with van der Waals surface area (Å²) < 4.78 is 13.7. The molecule has 1 amide bonds. The minimum atomic E-state index is -0.566. The standard InChI is InChI=1S/C21H18FN3O/c1-13-9-14-5-4-6-15(14)10-17(13)19-11-24-20(12-23-19)25-21(26)16-7-2-3-8-18(16)22/h2-3,7-12H,4-6H2,1H3,(H,24,25,26). The van der Waals surface area contributed by atoms with Crippen molar-refractivity contribution in [3.05, 3.63) is 76.9 Å². The van der Waals surface area contributed by atoms with Crippen molar-refractivity contribution < 1.29 is 9.18 Å². The molecule has 0 saturated heterocycles. The molecule has 130 valence electrons. The van der Waals surface area contributed by atoms with Crippen LogP contribution in [0.15, 0.2) is 48.8 Å². The molecule has 1 N–H and O–H groups in total. The van der Waals surface area contributed by atoms with Crippen molar-refractivity contribution >= 4 is 11.7 Å². The van der Waals surface area contributed by atoms with Gasteiger partial charge in [-0.3, -0.25) is 9.78 Å². The van der Waals surface area contributed by atoms with Crippen molar-refractivity contribution in [2.45, 2.75) is 26.2 Å². The monoisotopic (exact) mass is 347 g/mol. The molecule has 3 aromatic rings. The summed E-state index contributed by atoms with van der Waals surface area (Å²) in [5, 5.41) is 2.58. The van der Waals surface area contributed by atoms with Gasteiger partial charge in [0.15, 0.2) is 5.82 Å². The Morgan fingerprint density at radius 1 is 1.08 bits per heavy atom. The molecule has 0 aliphatic heterocycles. The van der Waals surface area contributed by atoms with Gasteiger partial charge >= 0.3 is 0 Å². The fourth-order valence-electron chi connectivity index (χ4n) is 3.38. The van der Waals surface area contributed by atoms with Crippen molar-refractivity contribution in [1.29, 1.82) is 0 Å². The summed E-state index contributed by atoms with van der Waals surface area (Å²) in [7, 11) is 0. The van der Waals surface area contributed by atoms with E-state index in [4.69, 9.17) is 0 Å². The summed E-state index contributed by atoms with van der Waals surface area (Å²) in [4.78, 5) is 20.9. The first-order chi connectivity index (χ1) is 12.6. The number of halogens is 1. The predicted octanol–water partition coefficient (Wildman–Crippen LogP) is 4.33. The second-order valence-electron chi connectivity index (χ2n) is 6.51. The van der Waals surface area contributed by atoms with E-state index >= 15 is 0 Å². The number of fused-ring (bicyclic) bond motifs is 1. The zero-order valence-electron chi connectivity index (χ0n) is 14.4. The zero-order valence-corrected chi connectivity index (χ0v) is 14.4. The van der Waals surface area contributed by atoms with Crippen LogP contribution in [0.4, 0.5) is 10.2 Å². The Kier molecular flexibility index (Phi) is 4.21. The van der Waals surface area contributed by atoms with Crippen LogP contribution in [-0.2, 0) is 12.8 Å². The Morgan fingerprint density at radius 3 is 2.58 bits per heavy atom. The number of amides is 1. The molecular formula is C21H18FN3O. The van der Waals surface area contributed by atoms with E-state index in [1.54, 1.807) is 18.3 Å². The maximum atomic E-state index is 13.7. The van der Waals surface area contributed by atoms with Gasteiger partial charge in [-0.25, -0.2) is 9.37 Å². The van der Waals surface area contributed by atoms with E-state index in [2.05, 4.69) is 34.3 Å². The van der Waals surface area contributed by atoms with Crippen molar-refractivity contribution in [2.75, 3.05) is 5.32 Å². The van der Waals surface area contributed by atoms with E-state index in [-0.39, 0.29) is 5.56 Å². The molecule has 1 heterocycles. The molecule has 4 nitrogen and oxygen atoms in total. The number of aromatic nitrogens is 2. The molecule has 0 bridgehead atoms.